The molecule has 2 aliphatic rings. The Balaban J connectivity index is 2.07. The number of carbonyl (C=O) groups excluding carboxylic acids is 1. The van der Waals surface area contributed by atoms with E-state index >= 15 is 0 Å². The molecular weight excluding hydrogens is 266 g/mol. The molecule has 3 rings (SSSR count). The lowest BCUT2D eigenvalue weighted by atomic mass is 10.0. The Morgan fingerprint density at radius 2 is 2.42 bits per heavy atom. The molecule has 6 heteroatoms. The van der Waals surface area contributed by atoms with Gasteiger partial charge < -0.3 is 15.0 Å². The van der Waals surface area contributed by atoms with E-state index in [0.29, 0.717) is 23.9 Å². The van der Waals surface area contributed by atoms with Gasteiger partial charge in [-0.25, -0.2) is 4.98 Å². The van der Waals surface area contributed by atoms with Crippen molar-refractivity contribution in [3.05, 3.63) is 17.3 Å². The maximum Gasteiger partial charge on any atom is 0.232 e. The molecule has 1 aromatic rings. The van der Waals surface area contributed by atoms with Crippen LogP contribution < -0.4 is 10.2 Å². The van der Waals surface area contributed by atoms with Gasteiger partial charge in [0.2, 0.25) is 5.91 Å². The summed E-state index contributed by atoms with van der Waals surface area (Å²) < 4.78 is 5.48. The molecule has 102 valence electrons. The van der Waals surface area contributed by atoms with Crippen molar-refractivity contribution < 1.29 is 9.53 Å². The van der Waals surface area contributed by atoms with Crippen LogP contribution in [0.1, 0.15) is 13.3 Å². The van der Waals surface area contributed by atoms with Gasteiger partial charge in [0.05, 0.1) is 35.9 Å². The van der Waals surface area contributed by atoms with Crippen LogP contribution in [0.3, 0.4) is 0 Å². The van der Waals surface area contributed by atoms with Crippen LogP contribution >= 0.6 is 11.6 Å². The first-order chi connectivity index (χ1) is 9.20. The van der Waals surface area contributed by atoms with Gasteiger partial charge in [0.25, 0.3) is 0 Å². The molecule has 1 N–H and O–H groups in total. The minimum Gasteiger partial charge on any atom is -0.378 e. The number of hydrogen-bond donors (Lipinski definition) is 1. The van der Waals surface area contributed by atoms with Crippen molar-refractivity contribution >= 4 is 29.0 Å². The quantitative estimate of drug-likeness (QED) is 0.900. The van der Waals surface area contributed by atoms with Crippen LogP contribution in [0.5, 0.6) is 0 Å². The van der Waals surface area contributed by atoms with Crippen LogP contribution in [-0.4, -0.2) is 36.7 Å². The zero-order valence-electron chi connectivity index (χ0n) is 10.7. The topological polar surface area (TPSA) is 54.5 Å². The molecule has 1 fully saturated rings. The van der Waals surface area contributed by atoms with Crippen LogP contribution in [0, 0.1) is 5.92 Å². The molecule has 1 saturated heterocycles. The van der Waals surface area contributed by atoms with Gasteiger partial charge in [0.15, 0.2) is 5.82 Å². The van der Waals surface area contributed by atoms with E-state index in [2.05, 4.69) is 22.1 Å². The summed E-state index contributed by atoms with van der Waals surface area (Å²) in [5, 5.41) is 3.44. The van der Waals surface area contributed by atoms with Gasteiger partial charge in [0, 0.05) is 12.7 Å². The van der Waals surface area contributed by atoms with Gasteiger partial charge in [-0.05, 0) is 12.5 Å². The lowest BCUT2D eigenvalue weighted by Crippen LogP contribution is -2.43. The number of halogens is 1. The molecule has 0 aliphatic carbocycles. The number of ether oxygens (including phenoxy) is 1. The van der Waals surface area contributed by atoms with E-state index in [1.165, 1.54) is 0 Å². The first kappa shape index (κ1) is 12.7. The first-order valence-corrected chi connectivity index (χ1v) is 6.89. The normalized spacial score (nSPS) is 25.6. The van der Waals surface area contributed by atoms with Crippen LogP contribution in [0.15, 0.2) is 12.3 Å². The highest BCUT2D eigenvalue weighted by molar-refractivity contribution is 6.31. The highest BCUT2D eigenvalue weighted by Crippen LogP contribution is 2.35. The van der Waals surface area contributed by atoms with E-state index in [9.17, 15) is 4.79 Å². The molecule has 1 aromatic heterocycles. The molecular formula is C13H16ClN3O2. The lowest BCUT2D eigenvalue weighted by Gasteiger charge is -2.30. The zero-order valence-corrected chi connectivity index (χ0v) is 11.5. The van der Waals surface area contributed by atoms with Crippen LogP contribution in [0.25, 0.3) is 0 Å². The SMILES string of the molecule is CCCN1c2ncc(Cl)cc2NC(=O)C2COCC21. The highest BCUT2D eigenvalue weighted by Gasteiger charge is 2.41. The van der Waals surface area contributed by atoms with Gasteiger partial charge >= 0.3 is 0 Å². The summed E-state index contributed by atoms with van der Waals surface area (Å²) in [6.07, 6.45) is 2.60. The Bertz CT molecular complexity index is 509. The van der Waals surface area contributed by atoms with Crippen molar-refractivity contribution in [2.24, 2.45) is 5.92 Å². The van der Waals surface area contributed by atoms with Gasteiger partial charge in [-0.3, -0.25) is 4.79 Å². The van der Waals surface area contributed by atoms with E-state index in [-0.39, 0.29) is 17.9 Å². The number of carbonyl (C=O) groups is 1. The third kappa shape index (κ3) is 2.17. The molecule has 2 atom stereocenters. The third-order valence-corrected chi connectivity index (χ3v) is 3.82. The molecule has 0 spiro atoms. The average Bonchev–Trinajstić information content (AvgIpc) is 2.82. The van der Waals surface area contributed by atoms with Crippen LogP contribution in [-0.2, 0) is 9.53 Å². The minimum absolute atomic E-state index is 0.00794. The Labute approximate surface area is 116 Å². The Morgan fingerprint density at radius 3 is 3.21 bits per heavy atom. The summed E-state index contributed by atoms with van der Waals surface area (Å²) in [7, 11) is 0. The smallest absolute Gasteiger partial charge is 0.232 e. The van der Waals surface area contributed by atoms with E-state index in [0.717, 1.165) is 18.8 Å². The first-order valence-electron chi connectivity index (χ1n) is 6.51. The van der Waals surface area contributed by atoms with Crippen molar-refractivity contribution in [2.75, 3.05) is 30.0 Å². The maximum absolute atomic E-state index is 12.2. The van der Waals surface area contributed by atoms with Crippen molar-refractivity contribution in [3.8, 4) is 0 Å². The Morgan fingerprint density at radius 1 is 1.58 bits per heavy atom. The fourth-order valence-corrected chi connectivity index (χ4v) is 2.91. The van der Waals surface area contributed by atoms with Crippen LogP contribution in [0.2, 0.25) is 5.02 Å². The second-order valence-corrected chi connectivity index (χ2v) is 5.36. The standard InChI is InChI=1S/C13H16ClN3O2/c1-2-3-17-11-7-19-6-9(11)13(18)16-10-4-8(14)5-15-12(10)17/h4-5,9,11H,2-3,6-7H2,1H3,(H,16,18). The number of pyridine rings is 1. The summed E-state index contributed by atoms with van der Waals surface area (Å²) in [6.45, 7) is 4.00. The summed E-state index contributed by atoms with van der Waals surface area (Å²) in [5.74, 6) is 0.642. The molecule has 1 amide bonds. The van der Waals surface area contributed by atoms with Gasteiger partial charge in [-0.15, -0.1) is 0 Å². The van der Waals surface area contributed by atoms with E-state index in [4.69, 9.17) is 16.3 Å². The summed E-state index contributed by atoms with van der Waals surface area (Å²) in [6, 6.07) is 1.82. The summed E-state index contributed by atoms with van der Waals surface area (Å²) in [4.78, 5) is 18.8. The predicted molar refractivity (Wildman–Crippen MR) is 73.6 cm³/mol. The summed E-state index contributed by atoms with van der Waals surface area (Å²) in [5.41, 5.74) is 0.695. The molecule has 0 radical (unpaired) electrons. The van der Waals surface area contributed by atoms with E-state index in [1.54, 1.807) is 12.3 Å². The predicted octanol–water partition coefficient (Wildman–Crippen LogP) is 1.92. The molecule has 0 aromatic carbocycles. The third-order valence-electron chi connectivity index (χ3n) is 3.62. The Kier molecular flexibility index (Phi) is 3.33. The van der Waals surface area contributed by atoms with Crippen molar-refractivity contribution in [3.63, 3.8) is 0 Å². The number of rotatable bonds is 2. The largest absolute Gasteiger partial charge is 0.378 e. The number of hydrogen-bond acceptors (Lipinski definition) is 4. The molecule has 19 heavy (non-hydrogen) atoms. The number of nitrogens with one attached hydrogen (secondary N) is 1. The second-order valence-electron chi connectivity index (χ2n) is 4.92. The second kappa shape index (κ2) is 4.98. The Hall–Kier alpha value is -1.33. The van der Waals surface area contributed by atoms with Crippen molar-refractivity contribution in [2.45, 2.75) is 19.4 Å². The summed E-state index contributed by atoms with van der Waals surface area (Å²) >= 11 is 5.97. The van der Waals surface area contributed by atoms with Crippen molar-refractivity contribution in [1.82, 2.24) is 4.98 Å². The maximum atomic E-state index is 12.2. The number of amides is 1. The van der Waals surface area contributed by atoms with E-state index in [1.807, 2.05) is 0 Å². The molecule has 2 aliphatic heterocycles. The van der Waals surface area contributed by atoms with Crippen LogP contribution in [0.4, 0.5) is 11.5 Å². The fraction of sp³-hybridized carbons (Fsp3) is 0.538. The molecule has 2 unspecified atom stereocenters. The number of nitrogens with zero attached hydrogens (tertiary/aromatic N) is 2. The van der Waals surface area contributed by atoms with Crippen molar-refractivity contribution in [1.29, 1.82) is 0 Å². The number of aromatic nitrogens is 1. The highest BCUT2D eigenvalue weighted by atomic mass is 35.5. The zero-order chi connectivity index (χ0) is 13.4. The van der Waals surface area contributed by atoms with Gasteiger partial charge in [0.1, 0.15) is 0 Å². The fourth-order valence-electron chi connectivity index (χ4n) is 2.75. The minimum atomic E-state index is -0.139. The van der Waals surface area contributed by atoms with Gasteiger partial charge in [-0.2, -0.15) is 0 Å². The average molecular weight is 282 g/mol. The monoisotopic (exact) mass is 281 g/mol. The van der Waals surface area contributed by atoms with Gasteiger partial charge in [-0.1, -0.05) is 18.5 Å². The molecule has 3 heterocycles. The number of anilines is 2. The molecule has 0 bridgehead atoms. The van der Waals surface area contributed by atoms with E-state index < -0.39 is 0 Å². The lowest BCUT2D eigenvalue weighted by molar-refractivity contribution is -0.120. The number of fused-ring (bicyclic) bond motifs is 2. The molecule has 0 saturated carbocycles. The molecule has 5 nitrogen and oxygen atoms in total.